The minimum atomic E-state index is 0.460. The zero-order valence-electron chi connectivity index (χ0n) is 10.5. The maximum Gasteiger partial charge on any atom is 0.0716 e. The first kappa shape index (κ1) is 13.8. The first-order chi connectivity index (χ1) is 8.36. The van der Waals surface area contributed by atoms with Gasteiger partial charge < -0.3 is 10.1 Å². The molecule has 0 aliphatic carbocycles. The third-order valence-corrected chi connectivity index (χ3v) is 2.77. The molecule has 0 bridgehead atoms. The second kappa shape index (κ2) is 8.81. The van der Waals surface area contributed by atoms with E-state index in [-0.39, 0.29) is 0 Å². The van der Waals surface area contributed by atoms with Gasteiger partial charge in [0.2, 0.25) is 0 Å². The van der Waals surface area contributed by atoms with Crippen molar-refractivity contribution >= 4 is 0 Å². The maximum atomic E-state index is 5.64. The highest BCUT2D eigenvalue weighted by Gasteiger charge is 2.04. The fourth-order valence-electron chi connectivity index (χ4n) is 1.68. The third kappa shape index (κ3) is 6.11. The number of benzene rings is 1. The lowest BCUT2D eigenvalue weighted by atomic mass is 10.1. The molecule has 1 N–H and O–H groups in total. The molecule has 1 atom stereocenters. The molecule has 2 nitrogen and oxygen atoms in total. The van der Waals surface area contributed by atoms with Crippen molar-refractivity contribution in [2.24, 2.45) is 0 Å². The van der Waals surface area contributed by atoms with Crippen LogP contribution in [0.4, 0.5) is 0 Å². The zero-order chi connectivity index (χ0) is 12.3. The molecule has 1 rings (SSSR count). The zero-order valence-corrected chi connectivity index (χ0v) is 10.5. The second-order valence-corrected chi connectivity index (χ2v) is 4.06. The molecular formula is C15H21NO. The van der Waals surface area contributed by atoms with Crippen LogP contribution in [0.25, 0.3) is 0 Å². The Labute approximate surface area is 104 Å². The molecule has 0 aliphatic heterocycles. The van der Waals surface area contributed by atoms with Gasteiger partial charge in [-0.05, 0) is 25.5 Å². The van der Waals surface area contributed by atoms with Gasteiger partial charge in [0.15, 0.2) is 0 Å². The Morgan fingerprint density at radius 1 is 1.29 bits per heavy atom. The summed E-state index contributed by atoms with van der Waals surface area (Å²) in [6.45, 7) is 1.46. The van der Waals surface area contributed by atoms with E-state index in [1.54, 1.807) is 0 Å². The van der Waals surface area contributed by atoms with Crippen LogP contribution in [0.2, 0.25) is 0 Å². The highest BCUT2D eigenvalue weighted by molar-refractivity contribution is 5.13. The summed E-state index contributed by atoms with van der Waals surface area (Å²) in [6.07, 6.45) is 8.10. The van der Waals surface area contributed by atoms with E-state index in [2.05, 4.69) is 23.4 Å². The highest BCUT2D eigenvalue weighted by atomic mass is 16.5. The number of rotatable bonds is 8. The van der Waals surface area contributed by atoms with Crippen molar-refractivity contribution in [1.82, 2.24) is 5.32 Å². The standard InChI is InChI=1S/C15H21NO/c1-3-4-10-15(16-2)11-12-17-13-14-8-6-5-7-9-14/h1,5-9,15-16H,4,10-13H2,2H3. The summed E-state index contributed by atoms with van der Waals surface area (Å²) in [5, 5.41) is 3.26. The average molecular weight is 231 g/mol. The molecule has 0 saturated carbocycles. The number of terminal acetylenes is 1. The number of nitrogens with one attached hydrogen (secondary N) is 1. The van der Waals surface area contributed by atoms with E-state index in [0.717, 1.165) is 25.9 Å². The van der Waals surface area contributed by atoms with Crippen LogP contribution in [0.15, 0.2) is 30.3 Å². The summed E-state index contributed by atoms with van der Waals surface area (Å²) in [7, 11) is 1.97. The minimum Gasteiger partial charge on any atom is -0.377 e. The van der Waals surface area contributed by atoms with E-state index in [4.69, 9.17) is 11.2 Å². The van der Waals surface area contributed by atoms with Crippen molar-refractivity contribution in [2.75, 3.05) is 13.7 Å². The van der Waals surface area contributed by atoms with Crippen LogP contribution in [-0.2, 0) is 11.3 Å². The SMILES string of the molecule is C#CCCC(CCOCc1ccccc1)NC. The summed E-state index contributed by atoms with van der Waals surface area (Å²) in [5.41, 5.74) is 1.22. The molecule has 0 aliphatic rings. The molecule has 92 valence electrons. The Balaban J connectivity index is 2.12. The van der Waals surface area contributed by atoms with Gasteiger partial charge in [-0.15, -0.1) is 12.3 Å². The van der Waals surface area contributed by atoms with Crippen LogP contribution in [-0.4, -0.2) is 19.7 Å². The van der Waals surface area contributed by atoms with Crippen molar-refractivity contribution in [3.05, 3.63) is 35.9 Å². The molecule has 1 aromatic carbocycles. The lowest BCUT2D eigenvalue weighted by molar-refractivity contribution is 0.111. The largest absolute Gasteiger partial charge is 0.377 e. The summed E-state index contributed by atoms with van der Waals surface area (Å²) in [4.78, 5) is 0. The smallest absolute Gasteiger partial charge is 0.0716 e. The normalized spacial score (nSPS) is 12.0. The van der Waals surface area contributed by atoms with Gasteiger partial charge in [0.25, 0.3) is 0 Å². The second-order valence-electron chi connectivity index (χ2n) is 4.06. The first-order valence-corrected chi connectivity index (χ1v) is 6.09. The summed E-state index contributed by atoms with van der Waals surface area (Å²) in [6, 6.07) is 10.7. The minimum absolute atomic E-state index is 0.460. The van der Waals surface area contributed by atoms with Crippen LogP contribution in [0, 0.1) is 12.3 Å². The molecule has 0 spiro atoms. The maximum absolute atomic E-state index is 5.64. The summed E-state index contributed by atoms with van der Waals surface area (Å²) < 4.78 is 5.64. The molecular weight excluding hydrogens is 210 g/mol. The van der Waals surface area contributed by atoms with Crippen molar-refractivity contribution < 1.29 is 4.74 Å². The van der Waals surface area contributed by atoms with Gasteiger partial charge >= 0.3 is 0 Å². The Hall–Kier alpha value is -1.30. The molecule has 1 aromatic rings. The fraction of sp³-hybridized carbons (Fsp3) is 0.467. The lowest BCUT2D eigenvalue weighted by Crippen LogP contribution is -2.26. The van der Waals surface area contributed by atoms with Gasteiger partial charge in [0.1, 0.15) is 0 Å². The van der Waals surface area contributed by atoms with Crippen molar-refractivity contribution in [3.63, 3.8) is 0 Å². The van der Waals surface area contributed by atoms with Gasteiger partial charge in [-0.1, -0.05) is 30.3 Å². The van der Waals surface area contributed by atoms with Gasteiger partial charge in [-0.2, -0.15) is 0 Å². The molecule has 17 heavy (non-hydrogen) atoms. The molecule has 0 saturated heterocycles. The molecule has 1 unspecified atom stereocenters. The summed E-state index contributed by atoms with van der Waals surface area (Å²) >= 11 is 0. The molecule has 0 heterocycles. The Bertz CT molecular complexity index is 329. The highest BCUT2D eigenvalue weighted by Crippen LogP contribution is 2.04. The van der Waals surface area contributed by atoms with E-state index < -0.39 is 0 Å². The number of hydrogen-bond acceptors (Lipinski definition) is 2. The van der Waals surface area contributed by atoms with E-state index in [9.17, 15) is 0 Å². The molecule has 2 heteroatoms. The van der Waals surface area contributed by atoms with Gasteiger partial charge in [-0.3, -0.25) is 0 Å². The van der Waals surface area contributed by atoms with Gasteiger partial charge in [0, 0.05) is 19.1 Å². The Kier molecular flexibility index (Phi) is 7.13. The van der Waals surface area contributed by atoms with Crippen molar-refractivity contribution in [2.45, 2.75) is 31.9 Å². The lowest BCUT2D eigenvalue weighted by Gasteiger charge is -2.14. The van der Waals surface area contributed by atoms with Crippen LogP contribution in [0.5, 0.6) is 0 Å². The molecule has 0 radical (unpaired) electrons. The topological polar surface area (TPSA) is 21.3 Å². The Morgan fingerprint density at radius 2 is 2.06 bits per heavy atom. The predicted octanol–water partition coefficient (Wildman–Crippen LogP) is 2.59. The molecule has 0 fully saturated rings. The fourth-order valence-corrected chi connectivity index (χ4v) is 1.68. The van der Waals surface area contributed by atoms with E-state index >= 15 is 0 Å². The quantitative estimate of drug-likeness (QED) is 0.548. The van der Waals surface area contributed by atoms with Crippen LogP contribution in [0.3, 0.4) is 0 Å². The van der Waals surface area contributed by atoms with E-state index in [0.29, 0.717) is 12.6 Å². The Morgan fingerprint density at radius 3 is 2.71 bits per heavy atom. The predicted molar refractivity (Wildman–Crippen MR) is 71.6 cm³/mol. The van der Waals surface area contributed by atoms with Crippen molar-refractivity contribution in [3.8, 4) is 12.3 Å². The van der Waals surface area contributed by atoms with E-state index in [1.807, 2.05) is 25.2 Å². The van der Waals surface area contributed by atoms with Crippen LogP contribution < -0.4 is 5.32 Å². The first-order valence-electron chi connectivity index (χ1n) is 6.09. The van der Waals surface area contributed by atoms with Gasteiger partial charge in [0.05, 0.1) is 6.61 Å². The average Bonchev–Trinajstić information content (AvgIpc) is 2.39. The number of hydrogen-bond donors (Lipinski definition) is 1. The van der Waals surface area contributed by atoms with Gasteiger partial charge in [-0.25, -0.2) is 0 Å². The van der Waals surface area contributed by atoms with E-state index in [1.165, 1.54) is 5.56 Å². The monoisotopic (exact) mass is 231 g/mol. The molecule has 0 aromatic heterocycles. The third-order valence-electron chi connectivity index (χ3n) is 2.77. The van der Waals surface area contributed by atoms with Crippen LogP contribution >= 0.6 is 0 Å². The van der Waals surface area contributed by atoms with Crippen LogP contribution in [0.1, 0.15) is 24.8 Å². The number of ether oxygens (including phenoxy) is 1. The molecule has 0 amide bonds. The summed E-state index contributed by atoms with van der Waals surface area (Å²) in [5.74, 6) is 2.67. The van der Waals surface area contributed by atoms with Crippen molar-refractivity contribution in [1.29, 1.82) is 0 Å².